The summed E-state index contributed by atoms with van der Waals surface area (Å²) in [6.07, 6.45) is 7.32. The van der Waals surface area contributed by atoms with Crippen molar-refractivity contribution in [2.24, 2.45) is 0 Å². The minimum Gasteiger partial charge on any atom is -0.478 e. The fraction of sp³-hybridized carbons (Fsp3) is 0.750. The Bertz CT molecular complexity index is 200. The van der Waals surface area contributed by atoms with Gasteiger partial charge < -0.3 is 10.4 Å². The van der Waals surface area contributed by atoms with Gasteiger partial charge in [0.25, 0.3) is 0 Å². The first-order valence-corrected chi connectivity index (χ1v) is 5.85. The fourth-order valence-electron chi connectivity index (χ4n) is 1.36. The number of carboxylic acids is 1. The molecule has 0 heterocycles. The van der Waals surface area contributed by atoms with Gasteiger partial charge >= 0.3 is 5.97 Å². The molecule has 0 aromatic carbocycles. The largest absolute Gasteiger partial charge is 0.478 e. The zero-order valence-corrected chi connectivity index (χ0v) is 9.88. The predicted octanol–water partition coefficient (Wildman–Crippen LogP) is 2.58. The summed E-state index contributed by atoms with van der Waals surface area (Å²) in [5.41, 5.74) is 0.496. The Morgan fingerprint density at radius 1 is 1.27 bits per heavy atom. The van der Waals surface area contributed by atoms with E-state index >= 15 is 0 Å². The van der Waals surface area contributed by atoms with E-state index in [9.17, 15) is 4.79 Å². The van der Waals surface area contributed by atoms with Gasteiger partial charge in [0.05, 0.1) is 0 Å². The van der Waals surface area contributed by atoms with Crippen molar-refractivity contribution < 1.29 is 9.90 Å². The Labute approximate surface area is 92.6 Å². The van der Waals surface area contributed by atoms with Gasteiger partial charge in [-0.2, -0.15) is 0 Å². The maximum absolute atomic E-state index is 10.6. The molecule has 0 aliphatic carbocycles. The average Bonchev–Trinajstić information content (AvgIpc) is 2.21. The lowest BCUT2D eigenvalue weighted by molar-refractivity contribution is -0.132. The van der Waals surface area contributed by atoms with Crippen LogP contribution in [0.15, 0.2) is 11.6 Å². The summed E-state index contributed by atoms with van der Waals surface area (Å²) < 4.78 is 0. The molecular weight excluding hydrogens is 190 g/mol. The number of hydrogen-bond donors (Lipinski definition) is 2. The standard InChI is InChI=1S/C12H23NO2/c1-3-5-6-7-9-13-10-8-11(4-2)12(14)15/h8,13H,3-7,9-10H2,1-2H3,(H,14,15). The average molecular weight is 213 g/mol. The zero-order chi connectivity index (χ0) is 11.5. The molecule has 0 saturated heterocycles. The zero-order valence-electron chi connectivity index (χ0n) is 9.88. The van der Waals surface area contributed by atoms with Crippen LogP contribution in [0, 0.1) is 0 Å². The van der Waals surface area contributed by atoms with Gasteiger partial charge in [0.2, 0.25) is 0 Å². The molecule has 15 heavy (non-hydrogen) atoms. The number of hydrogen-bond acceptors (Lipinski definition) is 2. The topological polar surface area (TPSA) is 49.3 Å². The number of carbonyl (C=O) groups is 1. The molecule has 0 radical (unpaired) electrons. The molecule has 0 aromatic heterocycles. The number of aliphatic carboxylic acids is 1. The molecule has 2 N–H and O–H groups in total. The molecule has 0 atom stereocenters. The Morgan fingerprint density at radius 2 is 2.00 bits per heavy atom. The Balaban J connectivity index is 3.46. The molecule has 0 spiro atoms. The van der Waals surface area contributed by atoms with Crippen molar-refractivity contribution in [2.45, 2.75) is 46.0 Å². The molecule has 0 rings (SSSR count). The number of nitrogens with one attached hydrogen (secondary N) is 1. The van der Waals surface area contributed by atoms with Gasteiger partial charge in [-0.25, -0.2) is 4.79 Å². The first-order valence-electron chi connectivity index (χ1n) is 5.85. The summed E-state index contributed by atoms with van der Waals surface area (Å²) in [5.74, 6) is -0.801. The van der Waals surface area contributed by atoms with Crippen molar-refractivity contribution >= 4 is 5.97 Å². The highest BCUT2D eigenvalue weighted by Crippen LogP contribution is 1.99. The maximum atomic E-state index is 10.6. The molecule has 88 valence electrons. The van der Waals surface area contributed by atoms with E-state index in [-0.39, 0.29) is 0 Å². The quantitative estimate of drug-likeness (QED) is 0.457. The summed E-state index contributed by atoms with van der Waals surface area (Å²) in [4.78, 5) is 10.6. The Hall–Kier alpha value is -0.830. The second kappa shape index (κ2) is 9.71. The van der Waals surface area contributed by atoms with Crippen LogP contribution >= 0.6 is 0 Å². The molecule has 0 saturated carbocycles. The van der Waals surface area contributed by atoms with Gasteiger partial charge in [-0.1, -0.05) is 39.2 Å². The summed E-state index contributed by atoms with van der Waals surface area (Å²) in [7, 11) is 0. The molecule has 0 amide bonds. The summed E-state index contributed by atoms with van der Waals surface area (Å²) in [5, 5.41) is 12.0. The SMILES string of the molecule is CCCCCCNCC=C(CC)C(=O)O. The van der Waals surface area contributed by atoms with Crippen LogP contribution in [-0.2, 0) is 4.79 Å². The normalized spacial score (nSPS) is 11.7. The molecule has 0 aliphatic heterocycles. The van der Waals surface area contributed by atoms with Gasteiger partial charge in [0.1, 0.15) is 0 Å². The van der Waals surface area contributed by atoms with Crippen LogP contribution in [0.3, 0.4) is 0 Å². The second-order valence-electron chi connectivity index (χ2n) is 3.65. The van der Waals surface area contributed by atoms with Crippen LogP contribution < -0.4 is 5.32 Å². The van der Waals surface area contributed by atoms with E-state index in [1.165, 1.54) is 25.7 Å². The van der Waals surface area contributed by atoms with E-state index in [1.807, 2.05) is 6.92 Å². The lowest BCUT2D eigenvalue weighted by Crippen LogP contribution is -2.16. The van der Waals surface area contributed by atoms with Crippen molar-refractivity contribution in [1.82, 2.24) is 5.32 Å². The van der Waals surface area contributed by atoms with E-state index in [1.54, 1.807) is 6.08 Å². The van der Waals surface area contributed by atoms with Gasteiger partial charge in [-0.05, 0) is 19.4 Å². The smallest absolute Gasteiger partial charge is 0.331 e. The summed E-state index contributed by atoms with van der Waals surface area (Å²) >= 11 is 0. The van der Waals surface area contributed by atoms with Crippen LogP contribution in [0.1, 0.15) is 46.0 Å². The summed E-state index contributed by atoms with van der Waals surface area (Å²) in [6, 6.07) is 0. The minimum atomic E-state index is -0.801. The molecule has 0 unspecified atom stereocenters. The van der Waals surface area contributed by atoms with Crippen LogP contribution in [0.25, 0.3) is 0 Å². The van der Waals surface area contributed by atoms with Crippen LogP contribution in [0.5, 0.6) is 0 Å². The fourth-order valence-corrected chi connectivity index (χ4v) is 1.36. The molecular formula is C12H23NO2. The molecule has 3 nitrogen and oxygen atoms in total. The van der Waals surface area contributed by atoms with E-state index in [0.717, 1.165) is 6.54 Å². The predicted molar refractivity (Wildman–Crippen MR) is 63.0 cm³/mol. The number of unbranched alkanes of at least 4 members (excludes halogenated alkanes) is 3. The first kappa shape index (κ1) is 14.2. The van der Waals surface area contributed by atoms with Crippen molar-refractivity contribution in [3.05, 3.63) is 11.6 Å². The first-order chi connectivity index (χ1) is 7.22. The van der Waals surface area contributed by atoms with Crippen LogP contribution in [-0.4, -0.2) is 24.2 Å². The van der Waals surface area contributed by atoms with Crippen molar-refractivity contribution in [3.8, 4) is 0 Å². The Kier molecular flexibility index (Phi) is 9.18. The van der Waals surface area contributed by atoms with Gasteiger partial charge in [-0.3, -0.25) is 0 Å². The third kappa shape index (κ3) is 8.18. The van der Waals surface area contributed by atoms with Crippen molar-refractivity contribution in [1.29, 1.82) is 0 Å². The number of carboxylic acid groups (broad SMARTS) is 1. The molecule has 3 heteroatoms. The Morgan fingerprint density at radius 3 is 2.53 bits per heavy atom. The van der Waals surface area contributed by atoms with Crippen molar-refractivity contribution in [3.63, 3.8) is 0 Å². The molecule has 0 bridgehead atoms. The highest BCUT2D eigenvalue weighted by Gasteiger charge is 2.01. The molecule has 0 fully saturated rings. The lowest BCUT2D eigenvalue weighted by atomic mass is 10.2. The molecule has 0 aromatic rings. The third-order valence-corrected chi connectivity index (χ3v) is 2.36. The highest BCUT2D eigenvalue weighted by molar-refractivity contribution is 5.86. The van der Waals surface area contributed by atoms with E-state index in [2.05, 4.69) is 12.2 Å². The second-order valence-corrected chi connectivity index (χ2v) is 3.65. The third-order valence-electron chi connectivity index (χ3n) is 2.36. The van der Waals surface area contributed by atoms with Crippen molar-refractivity contribution in [2.75, 3.05) is 13.1 Å². The van der Waals surface area contributed by atoms with E-state index < -0.39 is 5.97 Å². The number of rotatable bonds is 9. The monoisotopic (exact) mass is 213 g/mol. The van der Waals surface area contributed by atoms with E-state index in [4.69, 9.17) is 5.11 Å². The van der Waals surface area contributed by atoms with Gasteiger partial charge in [0, 0.05) is 12.1 Å². The van der Waals surface area contributed by atoms with Crippen LogP contribution in [0.2, 0.25) is 0 Å². The van der Waals surface area contributed by atoms with E-state index in [0.29, 0.717) is 18.5 Å². The lowest BCUT2D eigenvalue weighted by Gasteiger charge is -2.02. The minimum absolute atomic E-state index is 0.496. The van der Waals surface area contributed by atoms with Crippen LogP contribution in [0.4, 0.5) is 0 Å². The molecule has 0 aliphatic rings. The maximum Gasteiger partial charge on any atom is 0.331 e. The summed E-state index contributed by atoms with van der Waals surface area (Å²) in [6.45, 7) is 5.70. The van der Waals surface area contributed by atoms with Gasteiger partial charge in [-0.15, -0.1) is 0 Å². The highest BCUT2D eigenvalue weighted by atomic mass is 16.4. The van der Waals surface area contributed by atoms with Gasteiger partial charge in [0.15, 0.2) is 0 Å².